The molecule has 11 nitrogen and oxygen atoms in total. The summed E-state index contributed by atoms with van der Waals surface area (Å²) in [5.74, 6) is -1.58. The molecule has 3 aromatic rings. The molecule has 0 bridgehead atoms. The first-order valence-corrected chi connectivity index (χ1v) is 16.6. The first kappa shape index (κ1) is 34.7. The second-order valence-corrected chi connectivity index (χ2v) is 13.7. The van der Waals surface area contributed by atoms with Crippen LogP contribution >= 0.6 is 11.6 Å². The molecule has 1 saturated carbocycles. The van der Waals surface area contributed by atoms with Gasteiger partial charge in [0.15, 0.2) is 0 Å². The van der Waals surface area contributed by atoms with Gasteiger partial charge in [0.05, 0.1) is 6.10 Å². The number of nitrogens with two attached hydrogens (primary N) is 1. The Labute approximate surface area is 286 Å². The monoisotopic (exact) mass is 702 g/mol. The molecule has 6 rings (SSSR count). The van der Waals surface area contributed by atoms with Gasteiger partial charge in [0, 0.05) is 47.9 Å². The molecule has 1 amide bonds. The van der Waals surface area contributed by atoms with Crippen LogP contribution in [0.3, 0.4) is 0 Å². The van der Waals surface area contributed by atoms with Crippen LogP contribution in [0.2, 0.25) is 5.02 Å². The molecule has 3 aliphatic rings. The molecule has 2 saturated heterocycles. The highest BCUT2D eigenvalue weighted by Gasteiger charge is 2.46. The molecule has 1 aliphatic carbocycles. The van der Waals surface area contributed by atoms with Gasteiger partial charge in [0.25, 0.3) is 5.91 Å². The maximum Gasteiger partial charge on any atom is 0.429 e. The number of aliphatic hydroxyl groups is 1. The normalized spacial score (nSPS) is 22.9. The predicted octanol–water partition coefficient (Wildman–Crippen LogP) is 5.13. The minimum Gasteiger partial charge on any atom is -0.480 e. The number of carbonyl (C=O) groups excluding carboxylic acids is 1. The number of nitrogens with one attached hydrogen (secondary N) is 2. The van der Waals surface area contributed by atoms with E-state index in [-0.39, 0.29) is 57.0 Å². The van der Waals surface area contributed by atoms with Crippen molar-refractivity contribution in [2.75, 3.05) is 30.3 Å². The van der Waals surface area contributed by atoms with E-state index in [0.717, 1.165) is 0 Å². The fourth-order valence-electron chi connectivity index (χ4n) is 7.09. The van der Waals surface area contributed by atoms with Gasteiger partial charge in [-0.1, -0.05) is 29.8 Å². The van der Waals surface area contributed by atoms with Crippen LogP contribution in [0.4, 0.5) is 24.9 Å². The van der Waals surface area contributed by atoms with Crippen LogP contribution in [0.1, 0.15) is 67.0 Å². The lowest BCUT2D eigenvalue weighted by molar-refractivity contribution is -0.198. The van der Waals surface area contributed by atoms with Crippen LogP contribution < -0.4 is 26.0 Å². The number of nitrogens with zero attached hydrogens (tertiary/aromatic N) is 3. The van der Waals surface area contributed by atoms with Crippen LogP contribution in [0.25, 0.3) is 11.1 Å². The molecule has 1 spiro atoms. The number of aliphatic carboxylic acids is 1. The summed E-state index contributed by atoms with van der Waals surface area (Å²) < 4.78 is 50.1. The van der Waals surface area contributed by atoms with E-state index in [1.54, 1.807) is 18.2 Å². The Morgan fingerprint density at radius 3 is 2.49 bits per heavy atom. The van der Waals surface area contributed by atoms with Gasteiger partial charge in [-0.15, -0.1) is 0 Å². The molecule has 15 heteroatoms. The number of carbonyl (C=O) groups is 2. The van der Waals surface area contributed by atoms with Crippen molar-refractivity contribution in [3.8, 4) is 17.0 Å². The third kappa shape index (κ3) is 8.03. The average molecular weight is 703 g/mol. The van der Waals surface area contributed by atoms with E-state index in [2.05, 4.69) is 20.6 Å². The number of hydrogen-bond donors (Lipinski definition) is 5. The van der Waals surface area contributed by atoms with Gasteiger partial charge in [-0.05, 0) is 85.8 Å². The Bertz CT molecular complexity index is 1690. The van der Waals surface area contributed by atoms with E-state index in [1.165, 1.54) is 30.3 Å². The van der Waals surface area contributed by atoms with Gasteiger partial charge >= 0.3 is 12.1 Å². The van der Waals surface area contributed by atoms with Crippen molar-refractivity contribution in [3.63, 3.8) is 0 Å². The highest BCUT2D eigenvalue weighted by atomic mass is 35.5. The fourth-order valence-corrected chi connectivity index (χ4v) is 7.26. The summed E-state index contributed by atoms with van der Waals surface area (Å²) in [6.07, 6.45) is -3.47. The molecule has 3 fully saturated rings. The second-order valence-electron chi connectivity index (χ2n) is 13.2. The molecule has 2 aromatic carbocycles. The summed E-state index contributed by atoms with van der Waals surface area (Å²) >= 11 is 6.29. The first-order valence-electron chi connectivity index (χ1n) is 16.3. The molecule has 6 N–H and O–H groups in total. The van der Waals surface area contributed by atoms with Gasteiger partial charge < -0.3 is 36.2 Å². The lowest BCUT2D eigenvalue weighted by Crippen LogP contribution is -2.41. The van der Waals surface area contributed by atoms with E-state index >= 15 is 0 Å². The van der Waals surface area contributed by atoms with Crippen LogP contribution in [-0.2, 0) is 4.79 Å². The number of ether oxygens (including phenoxy) is 1. The minimum atomic E-state index is -4.89. The number of carboxylic acid groups (broad SMARTS) is 1. The van der Waals surface area contributed by atoms with Crippen molar-refractivity contribution < 1.29 is 37.7 Å². The Kier molecular flexibility index (Phi) is 9.92. The van der Waals surface area contributed by atoms with Crippen LogP contribution in [0, 0.1) is 5.41 Å². The zero-order chi connectivity index (χ0) is 34.9. The standard InChI is InChI=1S/C34H38ClF3N6O5/c35-21-4-9-24(25(15-21)19-2-1-3-20(14-19)30(46)41-22-5-7-23(45)8-6-22)29(34(36,37)38)49-28-16-27(42-32(39)43-28)44-12-10-33(11-13-44)17-26(31(47)48)40-18-33/h1-4,9,14-16,22-23,26,29,40,45H,5-8,10-13,17-18H2,(H,41,46)(H,47,48)(H2,39,42,43)/t22-,23-,26?,29-/m1/s1. The van der Waals surface area contributed by atoms with Gasteiger partial charge in [-0.25, -0.2) is 0 Å². The largest absolute Gasteiger partial charge is 0.480 e. The van der Waals surface area contributed by atoms with E-state index in [1.807, 2.05) is 4.90 Å². The maximum atomic E-state index is 14.8. The first-order chi connectivity index (χ1) is 23.3. The third-order valence-corrected chi connectivity index (χ3v) is 10.0. The number of alkyl halides is 3. The summed E-state index contributed by atoms with van der Waals surface area (Å²) in [5, 5.41) is 25.4. The zero-order valence-corrected chi connectivity index (χ0v) is 27.3. The van der Waals surface area contributed by atoms with Gasteiger partial charge in [-0.3, -0.25) is 9.59 Å². The number of aliphatic hydroxyl groups excluding tert-OH is 1. The van der Waals surface area contributed by atoms with Crippen molar-refractivity contribution in [2.24, 2.45) is 5.41 Å². The maximum absolute atomic E-state index is 14.8. The van der Waals surface area contributed by atoms with Crippen LogP contribution in [-0.4, -0.2) is 76.1 Å². The van der Waals surface area contributed by atoms with E-state index < -0.39 is 24.3 Å². The summed E-state index contributed by atoms with van der Waals surface area (Å²) in [5.41, 5.74) is 6.27. The van der Waals surface area contributed by atoms with Crippen molar-refractivity contribution in [3.05, 3.63) is 64.7 Å². The molecular formula is C34H38ClF3N6O5. The smallest absolute Gasteiger partial charge is 0.429 e. The molecular weight excluding hydrogens is 665 g/mol. The molecule has 2 atom stereocenters. The SMILES string of the molecule is Nc1nc(O[C@H](c2ccc(Cl)cc2-c2cccc(C(=O)N[C@H]3CC[C@H](O)CC3)c2)C(F)(F)F)cc(N2CCC3(CC2)CNC(C(=O)O)C3)n1. The molecule has 0 radical (unpaired) electrons. The number of piperidine rings is 1. The van der Waals surface area contributed by atoms with E-state index in [9.17, 15) is 33.0 Å². The number of rotatable bonds is 8. The summed E-state index contributed by atoms with van der Waals surface area (Å²) in [7, 11) is 0. The molecule has 1 unspecified atom stereocenters. The minimum absolute atomic E-state index is 0.107. The molecule has 1 aromatic heterocycles. The summed E-state index contributed by atoms with van der Waals surface area (Å²) in [4.78, 5) is 34.7. The lowest BCUT2D eigenvalue weighted by atomic mass is 9.76. The lowest BCUT2D eigenvalue weighted by Gasteiger charge is -2.39. The number of hydrogen-bond acceptors (Lipinski definition) is 9. The Morgan fingerprint density at radius 1 is 1.08 bits per heavy atom. The molecule has 2 aliphatic heterocycles. The number of amides is 1. The van der Waals surface area contributed by atoms with Crippen molar-refractivity contribution in [1.82, 2.24) is 20.6 Å². The summed E-state index contributed by atoms with van der Waals surface area (Å²) in [6.45, 7) is 1.58. The van der Waals surface area contributed by atoms with Crippen LogP contribution in [0.5, 0.6) is 5.88 Å². The number of anilines is 2. The summed E-state index contributed by atoms with van der Waals surface area (Å²) in [6, 6.07) is 10.9. The fraction of sp³-hybridized carbons (Fsp3) is 0.471. The number of nitrogen functional groups attached to an aromatic ring is 1. The topological polar surface area (TPSA) is 163 Å². The quantitative estimate of drug-likeness (QED) is 0.213. The number of carboxylic acids is 1. The third-order valence-electron chi connectivity index (χ3n) is 9.81. The van der Waals surface area contributed by atoms with Crippen molar-refractivity contribution >= 4 is 35.2 Å². The predicted molar refractivity (Wildman–Crippen MR) is 176 cm³/mol. The van der Waals surface area contributed by atoms with Gasteiger partial charge in [0.2, 0.25) is 17.9 Å². The second kappa shape index (κ2) is 14.0. The van der Waals surface area contributed by atoms with E-state index in [4.69, 9.17) is 22.1 Å². The van der Waals surface area contributed by atoms with Crippen molar-refractivity contribution in [1.29, 1.82) is 0 Å². The molecule has 3 heterocycles. The zero-order valence-electron chi connectivity index (χ0n) is 26.5. The number of aromatic nitrogens is 2. The Hall–Kier alpha value is -4.14. The highest BCUT2D eigenvalue weighted by Crippen LogP contribution is 2.43. The van der Waals surface area contributed by atoms with Gasteiger partial charge in [-0.2, -0.15) is 23.1 Å². The van der Waals surface area contributed by atoms with Gasteiger partial charge in [0.1, 0.15) is 11.9 Å². The Balaban J connectivity index is 1.24. The highest BCUT2D eigenvalue weighted by molar-refractivity contribution is 6.30. The molecule has 49 heavy (non-hydrogen) atoms. The number of benzene rings is 2. The van der Waals surface area contributed by atoms with Crippen LogP contribution in [0.15, 0.2) is 48.5 Å². The number of halogens is 4. The van der Waals surface area contributed by atoms with E-state index in [0.29, 0.717) is 76.0 Å². The molecule has 262 valence electrons. The Morgan fingerprint density at radius 2 is 1.82 bits per heavy atom. The average Bonchev–Trinajstić information content (AvgIpc) is 3.48. The van der Waals surface area contributed by atoms with Crippen molar-refractivity contribution in [2.45, 2.75) is 75.4 Å².